The molecule has 152 valence electrons. The van der Waals surface area contributed by atoms with E-state index < -0.39 is 12.1 Å². The molecule has 2 heterocycles. The van der Waals surface area contributed by atoms with Crippen molar-refractivity contribution in [3.8, 4) is 17.0 Å². The van der Waals surface area contributed by atoms with E-state index in [0.717, 1.165) is 11.6 Å². The normalized spacial score (nSPS) is 11.4. The molecule has 6 nitrogen and oxygen atoms in total. The lowest BCUT2D eigenvalue weighted by atomic mass is 10.2. The zero-order valence-electron chi connectivity index (χ0n) is 15.5. The van der Waals surface area contributed by atoms with Crippen LogP contribution in [-0.2, 0) is 0 Å². The second-order valence-electron chi connectivity index (χ2n) is 6.31. The van der Waals surface area contributed by atoms with E-state index in [1.807, 2.05) is 26.0 Å². The molecule has 0 spiro atoms. The van der Waals surface area contributed by atoms with Crippen LogP contribution in [-0.4, -0.2) is 27.4 Å². The summed E-state index contributed by atoms with van der Waals surface area (Å²) < 4.78 is 41.1. The van der Waals surface area contributed by atoms with Crippen molar-refractivity contribution in [1.29, 1.82) is 0 Å². The first-order valence-corrected chi connectivity index (χ1v) is 8.96. The number of aromatic nitrogens is 3. The lowest BCUT2D eigenvalue weighted by molar-refractivity contribution is -0.274. The van der Waals surface area contributed by atoms with Gasteiger partial charge in [-0.25, -0.2) is 4.98 Å². The van der Waals surface area contributed by atoms with Gasteiger partial charge in [0.15, 0.2) is 0 Å². The van der Waals surface area contributed by atoms with Crippen LogP contribution in [0.15, 0.2) is 48.8 Å². The molecular formula is C19H17ClF3N5O. The molecule has 0 aliphatic heterocycles. The quantitative estimate of drug-likeness (QED) is 0.533. The second kappa shape index (κ2) is 8.52. The van der Waals surface area contributed by atoms with E-state index >= 15 is 0 Å². The fourth-order valence-corrected chi connectivity index (χ4v) is 2.66. The number of hydrogen-bond acceptors (Lipinski definition) is 6. The van der Waals surface area contributed by atoms with Crippen LogP contribution >= 0.6 is 11.6 Å². The minimum absolute atomic E-state index is 0.101. The summed E-state index contributed by atoms with van der Waals surface area (Å²) in [6.45, 7) is 3.91. The maximum atomic E-state index is 12.4. The van der Waals surface area contributed by atoms with Crippen molar-refractivity contribution in [1.82, 2.24) is 15.0 Å². The van der Waals surface area contributed by atoms with Gasteiger partial charge in [0.05, 0.1) is 10.7 Å². The fourth-order valence-electron chi connectivity index (χ4n) is 2.44. The van der Waals surface area contributed by atoms with Gasteiger partial charge in [0.2, 0.25) is 5.95 Å². The van der Waals surface area contributed by atoms with Crippen molar-refractivity contribution in [2.24, 2.45) is 0 Å². The van der Waals surface area contributed by atoms with E-state index in [2.05, 4.69) is 30.3 Å². The van der Waals surface area contributed by atoms with Gasteiger partial charge >= 0.3 is 6.36 Å². The summed E-state index contributed by atoms with van der Waals surface area (Å²) in [5.74, 6) is 0.363. The number of hydrogen-bond donors (Lipinski definition) is 2. The summed E-state index contributed by atoms with van der Waals surface area (Å²) in [5, 5.41) is 5.99. The number of benzene rings is 1. The predicted octanol–water partition coefficient (Wildman–Crippen LogP) is 5.65. The Bertz CT molecular complexity index is 983. The van der Waals surface area contributed by atoms with Gasteiger partial charge in [-0.3, -0.25) is 4.98 Å². The van der Waals surface area contributed by atoms with Gasteiger partial charge in [0.1, 0.15) is 11.6 Å². The largest absolute Gasteiger partial charge is 0.573 e. The molecule has 0 amide bonds. The van der Waals surface area contributed by atoms with Crippen LogP contribution in [0.4, 0.5) is 30.6 Å². The molecule has 2 aromatic heterocycles. The minimum Gasteiger partial charge on any atom is -0.404 e. The highest BCUT2D eigenvalue weighted by Gasteiger charge is 2.32. The Morgan fingerprint density at radius 1 is 1.03 bits per heavy atom. The highest BCUT2D eigenvalue weighted by atomic mass is 35.5. The topological polar surface area (TPSA) is 72.0 Å². The van der Waals surface area contributed by atoms with E-state index in [9.17, 15) is 13.2 Å². The summed E-state index contributed by atoms with van der Waals surface area (Å²) in [4.78, 5) is 12.9. The van der Waals surface area contributed by atoms with Crippen molar-refractivity contribution >= 4 is 29.1 Å². The van der Waals surface area contributed by atoms with E-state index in [0.29, 0.717) is 23.1 Å². The Morgan fingerprint density at radius 2 is 1.76 bits per heavy atom. The van der Waals surface area contributed by atoms with E-state index in [1.165, 1.54) is 12.1 Å². The third-order valence-corrected chi connectivity index (χ3v) is 3.85. The smallest absolute Gasteiger partial charge is 0.404 e. The molecule has 0 unspecified atom stereocenters. The number of anilines is 3. The summed E-state index contributed by atoms with van der Waals surface area (Å²) in [7, 11) is 0. The van der Waals surface area contributed by atoms with Crippen LogP contribution in [0.1, 0.15) is 13.8 Å². The van der Waals surface area contributed by atoms with Crippen LogP contribution in [0.3, 0.4) is 0 Å². The fraction of sp³-hybridized carbons (Fsp3) is 0.211. The molecule has 0 radical (unpaired) electrons. The summed E-state index contributed by atoms with van der Waals surface area (Å²) in [6, 6.07) is 9.31. The zero-order chi connectivity index (χ0) is 21.0. The molecule has 0 saturated carbocycles. The Hall–Kier alpha value is -3.07. The molecule has 0 aliphatic carbocycles. The Kier molecular flexibility index (Phi) is 6.07. The van der Waals surface area contributed by atoms with Crippen LogP contribution in [0.2, 0.25) is 5.02 Å². The van der Waals surface area contributed by atoms with Gasteiger partial charge in [0, 0.05) is 35.8 Å². The van der Waals surface area contributed by atoms with E-state index in [1.54, 1.807) is 18.5 Å². The summed E-state index contributed by atoms with van der Waals surface area (Å²) in [6.07, 6.45) is -1.51. The zero-order valence-corrected chi connectivity index (χ0v) is 16.2. The van der Waals surface area contributed by atoms with Crippen molar-refractivity contribution in [2.75, 3.05) is 10.6 Å². The predicted molar refractivity (Wildman–Crippen MR) is 105 cm³/mol. The average molecular weight is 424 g/mol. The number of rotatable bonds is 6. The van der Waals surface area contributed by atoms with Gasteiger partial charge in [-0.05, 0) is 44.2 Å². The summed E-state index contributed by atoms with van der Waals surface area (Å²) in [5.41, 5.74) is 1.93. The average Bonchev–Trinajstić information content (AvgIpc) is 2.63. The highest BCUT2D eigenvalue weighted by Crippen LogP contribution is 2.33. The van der Waals surface area contributed by atoms with Crippen LogP contribution in [0.5, 0.6) is 5.75 Å². The Balaban J connectivity index is 1.91. The molecule has 1 aromatic carbocycles. The number of halogens is 4. The maximum absolute atomic E-state index is 12.4. The number of nitrogens with zero attached hydrogens (tertiary/aromatic N) is 3. The van der Waals surface area contributed by atoms with Crippen LogP contribution in [0, 0.1) is 0 Å². The molecule has 0 fully saturated rings. The van der Waals surface area contributed by atoms with E-state index in [4.69, 9.17) is 11.6 Å². The van der Waals surface area contributed by atoms with Gasteiger partial charge < -0.3 is 15.4 Å². The number of nitrogens with one attached hydrogen (secondary N) is 2. The Labute approximate surface area is 170 Å². The SMILES string of the molecule is CC(C)Nc1nc(Nc2ccc(OC(F)(F)F)c(Cl)c2)cc(-c2ccncc2)n1. The standard InChI is InChI=1S/C19H17ClF3N5O/c1-11(2)25-18-27-15(12-5-7-24-8-6-12)10-17(28-18)26-13-3-4-16(14(20)9-13)29-19(21,22)23/h3-11H,1-2H3,(H2,25,26,27,28). The third-order valence-electron chi connectivity index (χ3n) is 3.55. The van der Waals surface area contributed by atoms with Gasteiger partial charge in [-0.2, -0.15) is 4.98 Å². The number of ether oxygens (including phenoxy) is 1. The molecule has 0 bridgehead atoms. The molecule has 0 aliphatic rings. The van der Waals surface area contributed by atoms with Crippen molar-refractivity contribution in [2.45, 2.75) is 26.3 Å². The van der Waals surface area contributed by atoms with Gasteiger partial charge in [-0.1, -0.05) is 11.6 Å². The van der Waals surface area contributed by atoms with Crippen LogP contribution < -0.4 is 15.4 Å². The molecule has 2 N–H and O–H groups in total. The first-order chi connectivity index (χ1) is 13.7. The van der Waals surface area contributed by atoms with Crippen molar-refractivity contribution in [3.63, 3.8) is 0 Å². The van der Waals surface area contributed by atoms with Gasteiger partial charge in [0.25, 0.3) is 0 Å². The van der Waals surface area contributed by atoms with Crippen molar-refractivity contribution < 1.29 is 17.9 Å². The molecule has 3 aromatic rings. The molecule has 0 atom stereocenters. The molecule has 29 heavy (non-hydrogen) atoms. The lowest BCUT2D eigenvalue weighted by Gasteiger charge is -2.14. The first kappa shape index (κ1) is 20.7. The lowest BCUT2D eigenvalue weighted by Crippen LogP contribution is -2.17. The molecule has 0 saturated heterocycles. The first-order valence-electron chi connectivity index (χ1n) is 8.58. The highest BCUT2D eigenvalue weighted by molar-refractivity contribution is 6.32. The second-order valence-corrected chi connectivity index (χ2v) is 6.72. The molecular weight excluding hydrogens is 407 g/mol. The third kappa shape index (κ3) is 5.95. The number of pyridine rings is 1. The van der Waals surface area contributed by atoms with Crippen molar-refractivity contribution in [3.05, 3.63) is 53.8 Å². The number of alkyl halides is 3. The van der Waals surface area contributed by atoms with Crippen LogP contribution in [0.25, 0.3) is 11.3 Å². The summed E-state index contributed by atoms with van der Waals surface area (Å²) >= 11 is 5.91. The maximum Gasteiger partial charge on any atom is 0.573 e. The Morgan fingerprint density at radius 3 is 2.38 bits per heavy atom. The van der Waals surface area contributed by atoms with Gasteiger partial charge in [-0.15, -0.1) is 13.2 Å². The molecule has 3 rings (SSSR count). The monoisotopic (exact) mass is 423 g/mol. The molecule has 10 heteroatoms. The minimum atomic E-state index is -4.82. The van der Waals surface area contributed by atoms with E-state index in [-0.39, 0.29) is 11.1 Å².